The standard InChI is InChI=1S/C22H20N4S/c23-22-8-7-19(25-26-22)14-5-6-17-16(11-14)13-24-10-9-18(17)21-12-15-3-1-2-4-20(15)27-21/h1-8,11-12,18,24H,9-10,13H2,(H2,23,26). The fraction of sp³-hybridized carbons (Fsp3) is 0.182. The molecule has 0 radical (unpaired) electrons. The third kappa shape index (κ3) is 3.09. The van der Waals surface area contributed by atoms with E-state index in [1.54, 1.807) is 6.07 Å². The second-order valence-corrected chi connectivity index (χ2v) is 8.08. The first-order valence-electron chi connectivity index (χ1n) is 9.19. The highest BCUT2D eigenvalue weighted by Gasteiger charge is 2.22. The lowest BCUT2D eigenvalue weighted by Crippen LogP contribution is -2.12. The Morgan fingerprint density at radius 1 is 1.00 bits per heavy atom. The fourth-order valence-corrected chi connectivity index (χ4v) is 5.07. The molecule has 0 saturated carbocycles. The third-order valence-corrected chi connectivity index (χ3v) is 6.44. The summed E-state index contributed by atoms with van der Waals surface area (Å²) < 4.78 is 1.36. The van der Waals surface area contributed by atoms with Gasteiger partial charge < -0.3 is 11.1 Å². The van der Waals surface area contributed by atoms with Crippen molar-refractivity contribution in [3.63, 3.8) is 0 Å². The molecule has 3 heterocycles. The number of hydrogen-bond donors (Lipinski definition) is 2. The van der Waals surface area contributed by atoms with Crippen LogP contribution in [0.2, 0.25) is 0 Å². The van der Waals surface area contributed by atoms with Crippen LogP contribution in [0.3, 0.4) is 0 Å². The second kappa shape index (κ2) is 6.76. The summed E-state index contributed by atoms with van der Waals surface area (Å²) >= 11 is 1.91. The fourth-order valence-electron chi connectivity index (χ4n) is 3.85. The van der Waals surface area contributed by atoms with E-state index >= 15 is 0 Å². The van der Waals surface area contributed by atoms with Crippen molar-refractivity contribution in [1.29, 1.82) is 0 Å². The molecule has 134 valence electrons. The van der Waals surface area contributed by atoms with Crippen molar-refractivity contribution in [3.8, 4) is 11.3 Å². The Labute approximate surface area is 162 Å². The van der Waals surface area contributed by atoms with Gasteiger partial charge in [-0.1, -0.05) is 30.3 Å². The van der Waals surface area contributed by atoms with Crippen LogP contribution in [0.15, 0.2) is 60.7 Å². The van der Waals surface area contributed by atoms with Crippen molar-refractivity contribution in [1.82, 2.24) is 15.5 Å². The maximum atomic E-state index is 5.67. The van der Waals surface area contributed by atoms with Gasteiger partial charge in [0.1, 0.15) is 5.82 Å². The van der Waals surface area contributed by atoms with E-state index < -0.39 is 0 Å². The zero-order chi connectivity index (χ0) is 18.2. The van der Waals surface area contributed by atoms with Crippen LogP contribution in [-0.2, 0) is 6.54 Å². The normalized spacial score (nSPS) is 16.8. The number of hydrogen-bond acceptors (Lipinski definition) is 5. The van der Waals surface area contributed by atoms with E-state index in [-0.39, 0.29) is 0 Å². The number of anilines is 1. The van der Waals surface area contributed by atoms with Crippen LogP contribution < -0.4 is 11.1 Å². The molecule has 1 aliphatic rings. The summed E-state index contributed by atoms with van der Waals surface area (Å²) in [5.41, 5.74) is 10.4. The number of rotatable bonds is 2. The number of fused-ring (bicyclic) bond motifs is 2. The van der Waals surface area contributed by atoms with Gasteiger partial charge in [0.2, 0.25) is 0 Å². The molecule has 0 bridgehead atoms. The van der Waals surface area contributed by atoms with Crippen LogP contribution in [0.4, 0.5) is 5.82 Å². The smallest absolute Gasteiger partial charge is 0.146 e. The van der Waals surface area contributed by atoms with E-state index in [1.807, 2.05) is 17.4 Å². The van der Waals surface area contributed by atoms with Crippen molar-refractivity contribution in [2.45, 2.75) is 18.9 Å². The van der Waals surface area contributed by atoms with E-state index in [4.69, 9.17) is 5.73 Å². The Morgan fingerprint density at radius 2 is 1.93 bits per heavy atom. The van der Waals surface area contributed by atoms with Crippen LogP contribution >= 0.6 is 11.3 Å². The molecule has 1 unspecified atom stereocenters. The summed E-state index contributed by atoms with van der Waals surface area (Å²) in [6.45, 7) is 1.90. The average molecular weight is 372 g/mol. The monoisotopic (exact) mass is 372 g/mol. The van der Waals surface area contributed by atoms with Crippen molar-refractivity contribution in [3.05, 3.63) is 76.7 Å². The first-order chi connectivity index (χ1) is 13.3. The number of aromatic nitrogens is 2. The molecule has 0 aliphatic carbocycles. The van der Waals surface area contributed by atoms with E-state index in [9.17, 15) is 0 Å². The Bertz CT molecular complexity index is 1070. The number of nitrogens with two attached hydrogens (primary N) is 1. The highest BCUT2D eigenvalue weighted by molar-refractivity contribution is 7.19. The molecule has 0 amide bonds. The Balaban J connectivity index is 1.57. The quantitative estimate of drug-likeness (QED) is 0.541. The van der Waals surface area contributed by atoms with Gasteiger partial charge in [-0.15, -0.1) is 21.5 Å². The van der Waals surface area contributed by atoms with E-state index in [2.05, 4.69) is 64.0 Å². The minimum atomic E-state index is 0.430. The van der Waals surface area contributed by atoms with Crippen LogP contribution in [0.5, 0.6) is 0 Å². The lowest BCUT2D eigenvalue weighted by atomic mass is 9.89. The van der Waals surface area contributed by atoms with Gasteiger partial charge in [-0.25, -0.2) is 0 Å². The van der Waals surface area contributed by atoms with Gasteiger partial charge in [0.15, 0.2) is 0 Å². The van der Waals surface area contributed by atoms with Crippen LogP contribution in [0, 0.1) is 0 Å². The zero-order valence-electron chi connectivity index (χ0n) is 14.9. The minimum Gasteiger partial charge on any atom is -0.382 e. The molecule has 4 aromatic rings. The molecule has 2 aromatic heterocycles. The molecule has 4 nitrogen and oxygen atoms in total. The van der Waals surface area contributed by atoms with Gasteiger partial charge in [-0.3, -0.25) is 0 Å². The number of nitrogen functional groups attached to an aromatic ring is 1. The summed E-state index contributed by atoms with van der Waals surface area (Å²) in [6.07, 6.45) is 1.11. The molecule has 5 heteroatoms. The first-order valence-corrected chi connectivity index (χ1v) is 10.0. The maximum absolute atomic E-state index is 5.67. The van der Waals surface area contributed by atoms with Crippen molar-refractivity contribution in [2.24, 2.45) is 0 Å². The largest absolute Gasteiger partial charge is 0.382 e. The molecule has 0 fully saturated rings. The lowest BCUT2D eigenvalue weighted by Gasteiger charge is -2.16. The molecular formula is C22H20N4S. The molecule has 2 aromatic carbocycles. The van der Waals surface area contributed by atoms with Crippen LogP contribution in [0.1, 0.15) is 28.3 Å². The van der Waals surface area contributed by atoms with Crippen molar-refractivity contribution >= 4 is 27.2 Å². The van der Waals surface area contributed by atoms with Gasteiger partial charge in [0.25, 0.3) is 0 Å². The Morgan fingerprint density at radius 3 is 2.78 bits per heavy atom. The van der Waals surface area contributed by atoms with Crippen molar-refractivity contribution < 1.29 is 0 Å². The maximum Gasteiger partial charge on any atom is 0.146 e. The first kappa shape index (κ1) is 16.4. The summed E-state index contributed by atoms with van der Waals surface area (Å²) in [5, 5.41) is 13.1. The van der Waals surface area contributed by atoms with Gasteiger partial charge >= 0.3 is 0 Å². The minimum absolute atomic E-state index is 0.430. The van der Waals surface area contributed by atoms with Gasteiger partial charge in [0.05, 0.1) is 5.69 Å². The van der Waals surface area contributed by atoms with Crippen molar-refractivity contribution in [2.75, 3.05) is 12.3 Å². The zero-order valence-corrected chi connectivity index (χ0v) is 15.7. The predicted molar refractivity (Wildman–Crippen MR) is 112 cm³/mol. The average Bonchev–Trinajstić information content (AvgIpc) is 3.01. The Hall–Kier alpha value is -2.76. The summed E-state index contributed by atoms with van der Waals surface area (Å²) in [4.78, 5) is 1.45. The lowest BCUT2D eigenvalue weighted by molar-refractivity contribution is 0.651. The van der Waals surface area contributed by atoms with E-state index in [0.717, 1.165) is 30.8 Å². The molecule has 1 atom stereocenters. The predicted octanol–water partition coefficient (Wildman–Crippen LogP) is 4.57. The van der Waals surface area contributed by atoms with Gasteiger partial charge in [-0.05, 0) is 59.8 Å². The van der Waals surface area contributed by atoms with E-state index in [0.29, 0.717) is 11.7 Å². The summed E-state index contributed by atoms with van der Waals surface area (Å²) in [7, 11) is 0. The summed E-state index contributed by atoms with van der Waals surface area (Å²) in [5.74, 6) is 0.874. The molecule has 1 aliphatic heterocycles. The van der Waals surface area contributed by atoms with E-state index in [1.165, 1.54) is 26.1 Å². The topological polar surface area (TPSA) is 63.8 Å². The number of nitrogens with zero attached hydrogens (tertiary/aromatic N) is 2. The van der Waals surface area contributed by atoms with Crippen LogP contribution in [-0.4, -0.2) is 16.7 Å². The number of thiophene rings is 1. The molecule has 5 rings (SSSR count). The molecule has 0 saturated heterocycles. The third-order valence-electron chi connectivity index (χ3n) is 5.21. The molecule has 3 N–H and O–H groups in total. The van der Waals surface area contributed by atoms with Gasteiger partial charge in [-0.2, -0.15) is 0 Å². The summed E-state index contributed by atoms with van der Waals surface area (Å²) in [6, 6.07) is 21.4. The highest BCUT2D eigenvalue weighted by atomic mass is 32.1. The van der Waals surface area contributed by atoms with Gasteiger partial charge in [0, 0.05) is 27.6 Å². The molecule has 27 heavy (non-hydrogen) atoms. The highest BCUT2D eigenvalue weighted by Crippen LogP contribution is 2.39. The Kier molecular flexibility index (Phi) is 4.11. The molecule has 0 spiro atoms. The number of nitrogens with one attached hydrogen (secondary N) is 1. The molecular weight excluding hydrogens is 352 g/mol. The SMILES string of the molecule is Nc1ccc(-c2ccc3c(c2)CNCCC3c2cc3ccccc3s2)nn1. The number of benzene rings is 2. The van der Waals surface area contributed by atoms with Crippen LogP contribution in [0.25, 0.3) is 21.3 Å². The second-order valence-electron chi connectivity index (χ2n) is 6.96.